The molecule has 186 valence electrons. The van der Waals surface area contributed by atoms with Crippen LogP contribution in [-0.2, 0) is 4.79 Å². The molecule has 0 radical (unpaired) electrons. The van der Waals surface area contributed by atoms with Gasteiger partial charge in [-0.2, -0.15) is 21.9 Å². The maximum atomic E-state index is 12.6. The SMILES string of the molecule is COc1ccc(-c2csc(NC(=O)CCSc3nc(N)c(C#N)c(-c4ccsc4)c3C#N)n2)cc1OC. The van der Waals surface area contributed by atoms with Crippen LogP contribution < -0.4 is 20.5 Å². The molecule has 3 aromatic heterocycles. The fraction of sp³-hybridized carbons (Fsp3) is 0.160. The van der Waals surface area contributed by atoms with Gasteiger partial charge in [0, 0.05) is 28.7 Å². The van der Waals surface area contributed by atoms with E-state index in [1.165, 1.54) is 34.4 Å². The first-order valence-corrected chi connectivity index (χ1v) is 13.6. The van der Waals surface area contributed by atoms with Crippen molar-refractivity contribution in [3.63, 3.8) is 0 Å². The van der Waals surface area contributed by atoms with Gasteiger partial charge >= 0.3 is 0 Å². The fourth-order valence-corrected chi connectivity index (χ4v) is 5.80. The van der Waals surface area contributed by atoms with Gasteiger partial charge in [-0.1, -0.05) is 0 Å². The number of nitrogens with two attached hydrogens (primary N) is 1. The molecule has 0 bridgehead atoms. The average Bonchev–Trinajstić information content (AvgIpc) is 3.60. The summed E-state index contributed by atoms with van der Waals surface area (Å²) in [5, 5.41) is 28.6. The number of nitrogen functional groups attached to an aromatic ring is 1. The van der Waals surface area contributed by atoms with E-state index in [0.29, 0.717) is 38.7 Å². The summed E-state index contributed by atoms with van der Waals surface area (Å²) in [6, 6.07) is 11.5. The van der Waals surface area contributed by atoms with Gasteiger partial charge in [0.25, 0.3) is 0 Å². The van der Waals surface area contributed by atoms with Crippen LogP contribution in [0.4, 0.5) is 10.9 Å². The van der Waals surface area contributed by atoms with Crippen molar-refractivity contribution in [1.29, 1.82) is 10.5 Å². The summed E-state index contributed by atoms with van der Waals surface area (Å²) in [6.45, 7) is 0. The van der Waals surface area contributed by atoms with Gasteiger partial charge in [-0.15, -0.1) is 23.1 Å². The zero-order valence-corrected chi connectivity index (χ0v) is 22.2. The highest BCUT2D eigenvalue weighted by atomic mass is 32.2. The first-order chi connectivity index (χ1) is 18.0. The van der Waals surface area contributed by atoms with Crippen molar-refractivity contribution in [2.45, 2.75) is 11.4 Å². The van der Waals surface area contributed by atoms with Gasteiger partial charge in [-0.25, -0.2) is 9.97 Å². The minimum Gasteiger partial charge on any atom is -0.493 e. The first kappa shape index (κ1) is 26.0. The number of thioether (sulfide) groups is 1. The molecule has 0 unspecified atom stereocenters. The summed E-state index contributed by atoms with van der Waals surface area (Å²) in [6.07, 6.45) is 0.163. The number of nitrogens with one attached hydrogen (secondary N) is 1. The molecule has 3 N–H and O–H groups in total. The van der Waals surface area contributed by atoms with E-state index >= 15 is 0 Å². The van der Waals surface area contributed by atoms with Crippen molar-refractivity contribution in [3.05, 3.63) is 51.5 Å². The van der Waals surface area contributed by atoms with Crippen LogP contribution in [0.5, 0.6) is 11.5 Å². The van der Waals surface area contributed by atoms with Crippen LogP contribution in [0.1, 0.15) is 17.5 Å². The number of hydrogen-bond acceptors (Lipinski definition) is 11. The molecule has 0 aliphatic rings. The van der Waals surface area contributed by atoms with E-state index in [1.807, 2.05) is 34.3 Å². The van der Waals surface area contributed by atoms with E-state index in [-0.39, 0.29) is 29.3 Å². The van der Waals surface area contributed by atoms with Crippen molar-refractivity contribution >= 4 is 51.3 Å². The largest absolute Gasteiger partial charge is 0.493 e. The summed E-state index contributed by atoms with van der Waals surface area (Å²) >= 11 is 4.01. The zero-order valence-electron chi connectivity index (χ0n) is 19.8. The number of benzene rings is 1. The lowest BCUT2D eigenvalue weighted by Crippen LogP contribution is -2.12. The van der Waals surface area contributed by atoms with Crippen LogP contribution in [0, 0.1) is 22.7 Å². The number of amides is 1. The number of ether oxygens (including phenoxy) is 2. The van der Waals surface area contributed by atoms with Gasteiger partial charge in [-0.05, 0) is 40.6 Å². The monoisotopic (exact) mass is 548 g/mol. The van der Waals surface area contributed by atoms with Gasteiger partial charge in [0.15, 0.2) is 16.6 Å². The van der Waals surface area contributed by atoms with E-state index in [1.54, 1.807) is 20.3 Å². The minimum absolute atomic E-state index is 0.0557. The molecule has 0 atom stereocenters. The van der Waals surface area contributed by atoms with E-state index in [4.69, 9.17) is 15.2 Å². The van der Waals surface area contributed by atoms with Crippen LogP contribution in [0.25, 0.3) is 22.4 Å². The van der Waals surface area contributed by atoms with Crippen LogP contribution in [-0.4, -0.2) is 35.8 Å². The normalized spacial score (nSPS) is 10.4. The van der Waals surface area contributed by atoms with E-state index < -0.39 is 0 Å². The Morgan fingerprint density at radius 1 is 1.08 bits per heavy atom. The predicted octanol–water partition coefficient (Wildman–Crippen LogP) is 5.40. The second-order valence-electron chi connectivity index (χ2n) is 7.42. The Morgan fingerprint density at radius 3 is 2.54 bits per heavy atom. The molecule has 0 aliphatic heterocycles. The molecule has 1 amide bonds. The molecule has 0 saturated carbocycles. The Balaban J connectivity index is 1.42. The number of thiazole rings is 1. The Kier molecular flexibility index (Phi) is 8.25. The van der Waals surface area contributed by atoms with Crippen molar-refractivity contribution in [2.24, 2.45) is 0 Å². The predicted molar refractivity (Wildman–Crippen MR) is 146 cm³/mol. The number of nitriles is 2. The maximum Gasteiger partial charge on any atom is 0.226 e. The van der Waals surface area contributed by atoms with Gasteiger partial charge in [0.2, 0.25) is 5.91 Å². The summed E-state index contributed by atoms with van der Waals surface area (Å²) in [7, 11) is 3.14. The lowest BCUT2D eigenvalue weighted by atomic mass is 9.99. The molecule has 0 spiro atoms. The molecule has 3 heterocycles. The fourth-order valence-electron chi connectivity index (χ4n) is 3.48. The van der Waals surface area contributed by atoms with Gasteiger partial charge in [0.1, 0.15) is 28.5 Å². The topological polar surface area (TPSA) is 147 Å². The number of carbonyl (C=O) groups is 1. The number of nitrogens with zero attached hydrogens (tertiary/aromatic N) is 4. The Bertz CT molecular complexity index is 1520. The Hall–Kier alpha value is -4.10. The highest BCUT2D eigenvalue weighted by Crippen LogP contribution is 2.37. The molecule has 12 heteroatoms. The Labute approximate surface area is 225 Å². The third-order valence-corrected chi connectivity index (χ3v) is 7.64. The quantitative estimate of drug-likeness (QED) is 0.262. The molecule has 0 aliphatic carbocycles. The molecular formula is C25H20N6O3S3. The highest BCUT2D eigenvalue weighted by molar-refractivity contribution is 7.99. The number of aromatic nitrogens is 2. The molecule has 4 rings (SSSR count). The second-order valence-corrected chi connectivity index (χ2v) is 10.1. The number of anilines is 2. The molecule has 1 aromatic carbocycles. The van der Waals surface area contributed by atoms with E-state index in [0.717, 1.165) is 11.1 Å². The highest BCUT2D eigenvalue weighted by Gasteiger charge is 2.21. The first-order valence-electron chi connectivity index (χ1n) is 10.8. The molecule has 4 aromatic rings. The van der Waals surface area contributed by atoms with Crippen LogP contribution in [0.2, 0.25) is 0 Å². The summed E-state index contributed by atoms with van der Waals surface area (Å²) < 4.78 is 10.6. The molecular weight excluding hydrogens is 529 g/mol. The van der Waals surface area contributed by atoms with Crippen molar-refractivity contribution in [2.75, 3.05) is 31.0 Å². The zero-order chi connectivity index (χ0) is 26.4. The second kappa shape index (κ2) is 11.8. The summed E-state index contributed by atoms with van der Waals surface area (Å²) in [5.74, 6) is 1.40. The molecule has 0 saturated heterocycles. The third kappa shape index (κ3) is 5.67. The molecule has 9 nitrogen and oxygen atoms in total. The summed E-state index contributed by atoms with van der Waals surface area (Å²) in [5.41, 5.74) is 9.21. The number of hydrogen-bond donors (Lipinski definition) is 2. The van der Waals surface area contributed by atoms with Crippen molar-refractivity contribution in [1.82, 2.24) is 9.97 Å². The number of rotatable bonds is 9. The van der Waals surface area contributed by atoms with Crippen LogP contribution in [0.3, 0.4) is 0 Å². The lowest BCUT2D eigenvalue weighted by molar-refractivity contribution is -0.115. The number of pyridine rings is 1. The summed E-state index contributed by atoms with van der Waals surface area (Å²) in [4.78, 5) is 21.3. The van der Waals surface area contributed by atoms with E-state index in [2.05, 4.69) is 27.4 Å². The van der Waals surface area contributed by atoms with E-state index in [9.17, 15) is 15.3 Å². The van der Waals surface area contributed by atoms with Crippen molar-refractivity contribution in [3.8, 4) is 46.0 Å². The molecule has 0 fully saturated rings. The lowest BCUT2D eigenvalue weighted by Gasteiger charge is -2.11. The third-order valence-electron chi connectivity index (χ3n) is 5.22. The maximum absolute atomic E-state index is 12.6. The number of carbonyl (C=O) groups excluding carboxylic acids is 1. The van der Waals surface area contributed by atoms with Gasteiger partial charge < -0.3 is 20.5 Å². The Morgan fingerprint density at radius 2 is 1.86 bits per heavy atom. The van der Waals surface area contributed by atoms with Crippen LogP contribution >= 0.6 is 34.4 Å². The average molecular weight is 549 g/mol. The van der Waals surface area contributed by atoms with Gasteiger partial charge in [-0.3, -0.25) is 4.79 Å². The van der Waals surface area contributed by atoms with Crippen LogP contribution in [0.15, 0.2) is 45.4 Å². The van der Waals surface area contributed by atoms with Gasteiger partial charge in [0.05, 0.1) is 25.5 Å². The number of thiophene rings is 1. The molecule has 37 heavy (non-hydrogen) atoms. The number of methoxy groups -OCH3 is 2. The minimum atomic E-state index is -0.223. The van der Waals surface area contributed by atoms with Crippen molar-refractivity contribution < 1.29 is 14.3 Å². The smallest absolute Gasteiger partial charge is 0.226 e. The standard InChI is InChI=1S/C25H20N6O3S3/c1-33-19-4-3-14(9-20(19)34-2)18-13-37-25(29-18)30-21(32)6-8-36-24-17(11-27)22(15-5-7-35-12-15)16(10-26)23(28)31-24/h3-5,7,9,12-13H,6,8H2,1-2H3,(H2,28,31)(H,29,30,32).